The first-order valence-corrected chi connectivity index (χ1v) is 14.9. The van der Waals surface area contributed by atoms with Gasteiger partial charge in [-0.1, -0.05) is 84.9 Å². The van der Waals surface area contributed by atoms with E-state index in [0.29, 0.717) is 55.5 Å². The molecule has 0 radical (unpaired) electrons. The van der Waals surface area contributed by atoms with Gasteiger partial charge in [0, 0.05) is 45.3 Å². The maximum Gasteiger partial charge on any atom is 0.320 e. The molecule has 0 aliphatic carbocycles. The number of ether oxygens (including phenoxy) is 3. The van der Waals surface area contributed by atoms with Gasteiger partial charge in [-0.05, 0) is 46.0 Å². The third kappa shape index (κ3) is 7.29. The molecule has 3 amide bonds. The van der Waals surface area contributed by atoms with Crippen molar-refractivity contribution in [3.63, 3.8) is 0 Å². The number of hydrogen-bond donors (Lipinski definition) is 0. The number of urea groups is 1. The second kappa shape index (κ2) is 14.5. The van der Waals surface area contributed by atoms with Gasteiger partial charge in [-0.25, -0.2) is 4.79 Å². The highest BCUT2D eigenvalue weighted by Gasteiger charge is 2.28. The Bertz CT molecular complexity index is 1610. The molecule has 8 heteroatoms. The molecule has 0 atom stereocenters. The lowest BCUT2D eigenvalue weighted by atomic mass is 9.97. The SMILES string of the molecule is COc1cc(/C=C(/C(=O)N2CCN(C(=O)N(C)Cc3ccccc3)CC2)c2ccc(-c3ccccc3)cc2)cc(OC)c1OC. The van der Waals surface area contributed by atoms with Gasteiger partial charge < -0.3 is 28.9 Å². The maximum absolute atomic E-state index is 14.2. The topological polar surface area (TPSA) is 71.6 Å². The zero-order chi connectivity index (χ0) is 31.8. The molecule has 4 aromatic carbocycles. The van der Waals surface area contributed by atoms with E-state index >= 15 is 0 Å². The normalized spacial score (nSPS) is 13.3. The first-order chi connectivity index (χ1) is 21.9. The summed E-state index contributed by atoms with van der Waals surface area (Å²) in [5, 5.41) is 0. The van der Waals surface area contributed by atoms with E-state index in [1.807, 2.05) is 108 Å². The van der Waals surface area contributed by atoms with Crippen molar-refractivity contribution >= 4 is 23.6 Å². The van der Waals surface area contributed by atoms with E-state index < -0.39 is 0 Å². The van der Waals surface area contributed by atoms with Crippen molar-refractivity contribution in [3.05, 3.63) is 114 Å². The first kappa shape index (κ1) is 31.2. The van der Waals surface area contributed by atoms with Gasteiger partial charge in [-0.3, -0.25) is 4.79 Å². The Hall–Kier alpha value is -5.24. The second-order valence-electron chi connectivity index (χ2n) is 10.9. The fraction of sp³-hybridized carbons (Fsp3) is 0.243. The molecule has 0 aromatic heterocycles. The Balaban J connectivity index is 1.40. The van der Waals surface area contributed by atoms with Gasteiger partial charge in [0.1, 0.15) is 0 Å². The number of rotatable bonds is 9. The summed E-state index contributed by atoms with van der Waals surface area (Å²) in [5.41, 5.74) is 5.28. The number of piperazine rings is 1. The summed E-state index contributed by atoms with van der Waals surface area (Å²) >= 11 is 0. The zero-order valence-electron chi connectivity index (χ0n) is 26.2. The summed E-state index contributed by atoms with van der Waals surface area (Å²) in [5.74, 6) is 1.37. The molecule has 1 heterocycles. The van der Waals surface area contributed by atoms with Gasteiger partial charge >= 0.3 is 6.03 Å². The van der Waals surface area contributed by atoms with Crippen LogP contribution in [0.3, 0.4) is 0 Å². The number of hydrogen-bond acceptors (Lipinski definition) is 5. The fourth-order valence-electron chi connectivity index (χ4n) is 5.53. The number of amides is 3. The Morgan fingerprint density at radius 1 is 0.711 bits per heavy atom. The quantitative estimate of drug-likeness (QED) is 0.165. The summed E-state index contributed by atoms with van der Waals surface area (Å²) in [6.07, 6.45) is 1.86. The van der Waals surface area contributed by atoms with Gasteiger partial charge in [0.2, 0.25) is 5.75 Å². The smallest absolute Gasteiger partial charge is 0.320 e. The van der Waals surface area contributed by atoms with Crippen molar-refractivity contribution in [3.8, 4) is 28.4 Å². The van der Waals surface area contributed by atoms with Crippen LogP contribution in [0.25, 0.3) is 22.8 Å². The van der Waals surface area contributed by atoms with E-state index in [4.69, 9.17) is 14.2 Å². The second-order valence-corrected chi connectivity index (χ2v) is 10.9. The van der Waals surface area contributed by atoms with Crippen LogP contribution in [0.5, 0.6) is 17.2 Å². The molecule has 8 nitrogen and oxygen atoms in total. The predicted molar refractivity (Wildman–Crippen MR) is 177 cm³/mol. The van der Waals surface area contributed by atoms with E-state index in [9.17, 15) is 9.59 Å². The van der Waals surface area contributed by atoms with Crippen LogP contribution in [0.2, 0.25) is 0 Å². The molecule has 1 fully saturated rings. The van der Waals surface area contributed by atoms with Crippen LogP contribution >= 0.6 is 0 Å². The minimum atomic E-state index is -0.110. The molecule has 232 valence electrons. The molecule has 0 unspecified atom stereocenters. The van der Waals surface area contributed by atoms with E-state index in [2.05, 4.69) is 12.1 Å². The van der Waals surface area contributed by atoms with Crippen LogP contribution in [-0.2, 0) is 11.3 Å². The van der Waals surface area contributed by atoms with Gasteiger partial charge in [0.15, 0.2) is 11.5 Å². The van der Waals surface area contributed by atoms with E-state index in [1.165, 1.54) is 0 Å². The van der Waals surface area contributed by atoms with Crippen molar-refractivity contribution in [1.82, 2.24) is 14.7 Å². The van der Waals surface area contributed by atoms with Gasteiger partial charge in [0.05, 0.1) is 21.3 Å². The van der Waals surface area contributed by atoms with Crippen LogP contribution in [0.4, 0.5) is 4.79 Å². The Morgan fingerprint density at radius 2 is 1.24 bits per heavy atom. The molecule has 0 saturated carbocycles. The molecule has 4 aromatic rings. The highest BCUT2D eigenvalue weighted by Crippen LogP contribution is 2.39. The summed E-state index contributed by atoms with van der Waals surface area (Å²) < 4.78 is 16.6. The van der Waals surface area contributed by atoms with Crippen molar-refractivity contribution in [1.29, 1.82) is 0 Å². The highest BCUT2D eigenvalue weighted by molar-refractivity contribution is 6.24. The lowest BCUT2D eigenvalue weighted by Crippen LogP contribution is -2.53. The molecular formula is C37H39N3O5. The number of benzene rings is 4. The van der Waals surface area contributed by atoms with Crippen LogP contribution in [0.1, 0.15) is 16.7 Å². The molecule has 1 aliphatic rings. The monoisotopic (exact) mass is 605 g/mol. The minimum absolute atomic E-state index is 0.0457. The van der Waals surface area contributed by atoms with Crippen LogP contribution in [-0.4, -0.2) is 81.2 Å². The zero-order valence-corrected chi connectivity index (χ0v) is 26.2. The summed E-state index contributed by atoms with van der Waals surface area (Å²) in [6.45, 7) is 2.29. The molecule has 0 bridgehead atoms. The van der Waals surface area contributed by atoms with Crippen molar-refractivity contribution in [2.45, 2.75) is 6.54 Å². The Labute approximate surface area is 265 Å². The van der Waals surface area contributed by atoms with E-state index in [0.717, 1.165) is 27.8 Å². The van der Waals surface area contributed by atoms with Crippen molar-refractivity contribution in [2.75, 3.05) is 54.6 Å². The third-order valence-corrected chi connectivity index (χ3v) is 7.96. The summed E-state index contributed by atoms with van der Waals surface area (Å²) in [4.78, 5) is 32.7. The Kier molecular flexibility index (Phi) is 10.0. The highest BCUT2D eigenvalue weighted by atomic mass is 16.5. The van der Waals surface area contributed by atoms with E-state index in [1.54, 1.807) is 26.2 Å². The number of methoxy groups -OCH3 is 3. The molecule has 45 heavy (non-hydrogen) atoms. The van der Waals surface area contributed by atoms with Gasteiger partial charge in [-0.2, -0.15) is 0 Å². The standard InChI is InChI=1S/C37H39N3O5/c1-38(26-27-11-7-5-8-12-27)37(42)40-21-19-39(20-22-40)36(41)32(23-28-24-33(43-2)35(45-4)34(25-28)44-3)31-17-15-30(16-18-31)29-13-9-6-10-14-29/h5-18,23-25H,19-22,26H2,1-4H3/b32-23+. The molecule has 0 N–H and O–H groups in total. The maximum atomic E-state index is 14.2. The lowest BCUT2D eigenvalue weighted by Gasteiger charge is -2.37. The predicted octanol–water partition coefficient (Wildman–Crippen LogP) is 6.32. The van der Waals surface area contributed by atoms with Crippen LogP contribution in [0.15, 0.2) is 97.1 Å². The lowest BCUT2D eigenvalue weighted by molar-refractivity contribution is -0.126. The summed E-state index contributed by atoms with van der Waals surface area (Å²) in [6, 6.07) is 31.6. The fourth-order valence-corrected chi connectivity index (χ4v) is 5.53. The largest absolute Gasteiger partial charge is 0.493 e. The summed E-state index contributed by atoms with van der Waals surface area (Å²) in [7, 11) is 6.50. The first-order valence-electron chi connectivity index (χ1n) is 14.9. The molecule has 1 aliphatic heterocycles. The molecule has 1 saturated heterocycles. The number of carbonyl (C=O) groups is 2. The van der Waals surface area contributed by atoms with Crippen molar-refractivity contribution < 1.29 is 23.8 Å². The van der Waals surface area contributed by atoms with Gasteiger partial charge in [-0.15, -0.1) is 0 Å². The van der Waals surface area contributed by atoms with Crippen LogP contribution < -0.4 is 14.2 Å². The number of nitrogens with zero attached hydrogens (tertiary/aromatic N) is 3. The van der Waals surface area contributed by atoms with Gasteiger partial charge in [0.25, 0.3) is 5.91 Å². The molecular weight excluding hydrogens is 566 g/mol. The van der Waals surface area contributed by atoms with Crippen molar-refractivity contribution in [2.24, 2.45) is 0 Å². The average Bonchev–Trinajstić information content (AvgIpc) is 3.10. The van der Waals surface area contributed by atoms with E-state index in [-0.39, 0.29) is 11.9 Å². The molecule has 0 spiro atoms. The average molecular weight is 606 g/mol. The minimum Gasteiger partial charge on any atom is -0.493 e. The Morgan fingerprint density at radius 3 is 1.80 bits per heavy atom. The van der Waals surface area contributed by atoms with Crippen LogP contribution in [0, 0.1) is 0 Å². The molecule has 5 rings (SSSR count). The number of carbonyl (C=O) groups excluding carboxylic acids is 2. The third-order valence-electron chi connectivity index (χ3n) is 7.96.